The van der Waals surface area contributed by atoms with Gasteiger partial charge >= 0.3 is 0 Å². The van der Waals surface area contributed by atoms with E-state index in [1.165, 1.54) is 12.8 Å². The van der Waals surface area contributed by atoms with Crippen molar-refractivity contribution in [3.63, 3.8) is 0 Å². The van der Waals surface area contributed by atoms with Crippen molar-refractivity contribution >= 4 is 34.4 Å². The van der Waals surface area contributed by atoms with Gasteiger partial charge in [-0.05, 0) is 18.9 Å². The van der Waals surface area contributed by atoms with E-state index in [0.29, 0.717) is 16.9 Å². The summed E-state index contributed by atoms with van der Waals surface area (Å²) in [6.07, 6.45) is 4.04. The van der Waals surface area contributed by atoms with E-state index in [9.17, 15) is 0 Å². The highest BCUT2D eigenvalue weighted by molar-refractivity contribution is 6.31. The lowest BCUT2D eigenvalue weighted by molar-refractivity contribution is 0.721. The van der Waals surface area contributed by atoms with Crippen LogP contribution in [0.15, 0.2) is 12.3 Å². The Morgan fingerprint density at radius 1 is 1.47 bits per heavy atom. The molecular formula is C10H9Cl2N3. The lowest BCUT2D eigenvalue weighted by atomic mass is 10.4. The van der Waals surface area contributed by atoms with E-state index in [0.717, 1.165) is 17.0 Å². The fraction of sp³-hybridized carbons (Fsp3) is 0.400. The number of pyridine rings is 1. The molecule has 0 aliphatic heterocycles. The summed E-state index contributed by atoms with van der Waals surface area (Å²) < 4.78 is 2.14. The highest BCUT2D eigenvalue weighted by atomic mass is 35.5. The number of alkyl halides is 1. The molecule has 3 nitrogen and oxygen atoms in total. The van der Waals surface area contributed by atoms with E-state index in [-0.39, 0.29) is 0 Å². The van der Waals surface area contributed by atoms with Crippen molar-refractivity contribution in [2.45, 2.75) is 24.8 Å². The summed E-state index contributed by atoms with van der Waals surface area (Å²) in [5, 5.41) is 0.615. The Hall–Kier alpha value is -0.800. The first-order valence-corrected chi connectivity index (χ1v) is 5.79. The molecule has 0 atom stereocenters. The number of nitrogens with zero attached hydrogens (tertiary/aromatic N) is 3. The summed E-state index contributed by atoms with van der Waals surface area (Å²) in [5.74, 6) is 1.31. The Kier molecular flexibility index (Phi) is 2.11. The van der Waals surface area contributed by atoms with Crippen molar-refractivity contribution in [1.29, 1.82) is 0 Å². The van der Waals surface area contributed by atoms with Gasteiger partial charge < -0.3 is 4.57 Å². The van der Waals surface area contributed by atoms with Gasteiger partial charge in [-0.3, -0.25) is 0 Å². The number of imidazole rings is 1. The van der Waals surface area contributed by atoms with Gasteiger partial charge in [0, 0.05) is 12.2 Å². The normalized spacial score (nSPS) is 16.1. The van der Waals surface area contributed by atoms with E-state index >= 15 is 0 Å². The molecule has 3 rings (SSSR count). The van der Waals surface area contributed by atoms with Crippen LogP contribution in [0.25, 0.3) is 11.2 Å². The number of fused-ring (bicyclic) bond motifs is 1. The third-order valence-electron chi connectivity index (χ3n) is 2.60. The molecule has 2 aromatic rings. The molecule has 0 amide bonds. The SMILES string of the molecule is ClCc1nc2cc(Cl)cnc2n1C1CC1. The molecule has 0 saturated heterocycles. The van der Waals surface area contributed by atoms with E-state index in [4.69, 9.17) is 23.2 Å². The third-order valence-corrected chi connectivity index (χ3v) is 3.05. The van der Waals surface area contributed by atoms with Crippen LogP contribution >= 0.6 is 23.2 Å². The smallest absolute Gasteiger partial charge is 0.160 e. The Balaban J connectivity index is 2.28. The molecule has 1 fully saturated rings. The lowest BCUT2D eigenvalue weighted by Crippen LogP contribution is -1.99. The molecule has 78 valence electrons. The Labute approximate surface area is 97.0 Å². The summed E-state index contributed by atoms with van der Waals surface area (Å²) in [4.78, 5) is 8.76. The number of hydrogen-bond acceptors (Lipinski definition) is 2. The van der Waals surface area contributed by atoms with Crippen LogP contribution in [0.1, 0.15) is 24.7 Å². The third kappa shape index (κ3) is 1.50. The summed E-state index contributed by atoms with van der Waals surface area (Å²) >= 11 is 11.7. The van der Waals surface area contributed by atoms with Gasteiger partial charge in [-0.15, -0.1) is 11.6 Å². The fourth-order valence-electron chi connectivity index (χ4n) is 1.82. The van der Waals surface area contributed by atoms with Crippen LogP contribution in [0, 0.1) is 0 Å². The Bertz CT molecular complexity index is 517. The largest absolute Gasteiger partial charge is 0.309 e. The molecule has 0 unspecified atom stereocenters. The van der Waals surface area contributed by atoms with Gasteiger partial charge in [0.15, 0.2) is 5.65 Å². The second kappa shape index (κ2) is 3.35. The number of hydrogen-bond donors (Lipinski definition) is 0. The first kappa shape index (κ1) is 9.43. The maximum atomic E-state index is 5.87. The minimum absolute atomic E-state index is 0.421. The topological polar surface area (TPSA) is 30.7 Å². The fourth-order valence-corrected chi connectivity index (χ4v) is 2.16. The zero-order chi connectivity index (χ0) is 10.4. The quantitative estimate of drug-likeness (QED) is 0.757. The first-order chi connectivity index (χ1) is 7.29. The molecule has 2 aromatic heterocycles. The first-order valence-electron chi connectivity index (χ1n) is 4.88. The van der Waals surface area contributed by atoms with Crippen LogP contribution < -0.4 is 0 Å². The van der Waals surface area contributed by atoms with Gasteiger partial charge in [0.25, 0.3) is 0 Å². The minimum atomic E-state index is 0.421. The average Bonchev–Trinajstić information content (AvgIpc) is 2.99. The minimum Gasteiger partial charge on any atom is -0.309 e. The standard InChI is InChI=1S/C10H9Cl2N3/c11-4-9-14-8-3-6(12)5-13-10(8)15(9)7-1-2-7/h3,5,7H,1-2,4H2. The summed E-state index contributed by atoms with van der Waals surface area (Å²) in [6.45, 7) is 0. The Morgan fingerprint density at radius 3 is 2.93 bits per heavy atom. The van der Waals surface area contributed by atoms with Gasteiger partial charge in [-0.25, -0.2) is 9.97 Å². The van der Waals surface area contributed by atoms with Crippen LogP contribution in [0.2, 0.25) is 5.02 Å². The molecule has 15 heavy (non-hydrogen) atoms. The summed E-state index contributed by atoms with van der Waals surface area (Å²) in [7, 11) is 0. The van der Waals surface area contributed by atoms with Crippen molar-refractivity contribution in [1.82, 2.24) is 14.5 Å². The van der Waals surface area contributed by atoms with Crippen molar-refractivity contribution in [2.75, 3.05) is 0 Å². The second-order valence-corrected chi connectivity index (χ2v) is 4.46. The Morgan fingerprint density at radius 2 is 2.27 bits per heavy atom. The molecule has 5 heteroatoms. The molecule has 0 spiro atoms. The van der Waals surface area contributed by atoms with Crippen LogP contribution in [-0.4, -0.2) is 14.5 Å². The van der Waals surface area contributed by atoms with Crippen molar-refractivity contribution in [3.05, 3.63) is 23.1 Å². The summed E-state index contributed by atoms with van der Waals surface area (Å²) in [6, 6.07) is 2.37. The van der Waals surface area contributed by atoms with Crippen molar-refractivity contribution in [3.8, 4) is 0 Å². The molecular weight excluding hydrogens is 233 g/mol. The van der Waals surface area contributed by atoms with E-state index < -0.39 is 0 Å². The molecule has 1 aliphatic rings. The second-order valence-electron chi connectivity index (χ2n) is 3.76. The molecule has 0 radical (unpaired) electrons. The lowest BCUT2D eigenvalue weighted by Gasteiger charge is -2.03. The van der Waals surface area contributed by atoms with E-state index in [1.54, 1.807) is 6.20 Å². The predicted molar refractivity (Wildman–Crippen MR) is 60.4 cm³/mol. The average molecular weight is 242 g/mol. The molecule has 0 bridgehead atoms. The molecule has 2 heterocycles. The van der Waals surface area contributed by atoms with Crippen LogP contribution in [0.5, 0.6) is 0 Å². The van der Waals surface area contributed by atoms with Crippen LogP contribution in [-0.2, 0) is 5.88 Å². The highest BCUT2D eigenvalue weighted by Crippen LogP contribution is 2.38. The van der Waals surface area contributed by atoms with Gasteiger partial charge in [0.05, 0.1) is 10.9 Å². The number of halogens is 2. The summed E-state index contributed by atoms with van der Waals surface area (Å²) in [5.41, 5.74) is 1.74. The van der Waals surface area contributed by atoms with E-state index in [1.807, 2.05) is 6.07 Å². The van der Waals surface area contributed by atoms with Gasteiger partial charge in [0.2, 0.25) is 0 Å². The van der Waals surface area contributed by atoms with Crippen molar-refractivity contribution < 1.29 is 0 Å². The van der Waals surface area contributed by atoms with Gasteiger partial charge in [-0.1, -0.05) is 11.6 Å². The number of rotatable bonds is 2. The predicted octanol–water partition coefficient (Wildman–Crippen LogP) is 3.16. The molecule has 0 aromatic carbocycles. The maximum Gasteiger partial charge on any atom is 0.160 e. The molecule has 1 saturated carbocycles. The maximum absolute atomic E-state index is 5.87. The van der Waals surface area contributed by atoms with Gasteiger partial charge in [-0.2, -0.15) is 0 Å². The monoisotopic (exact) mass is 241 g/mol. The molecule has 1 aliphatic carbocycles. The zero-order valence-corrected chi connectivity index (χ0v) is 9.46. The van der Waals surface area contributed by atoms with Crippen LogP contribution in [0.4, 0.5) is 0 Å². The molecule has 0 N–H and O–H groups in total. The zero-order valence-electron chi connectivity index (χ0n) is 7.95. The van der Waals surface area contributed by atoms with Crippen molar-refractivity contribution in [2.24, 2.45) is 0 Å². The van der Waals surface area contributed by atoms with Gasteiger partial charge in [0.1, 0.15) is 11.3 Å². The van der Waals surface area contributed by atoms with E-state index in [2.05, 4.69) is 14.5 Å². The number of aromatic nitrogens is 3. The highest BCUT2D eigenvalue weighted by Gasteiger charge is 2.28. The van der Waals surface area contributed by atoms with Crippen LogP contribution in [0.3, 0.4) is 0 Å².